The molecule has 0 saturated heterocycles. The molecule has 0 spiro atoms. The Morgan fingerprint density at radius 2 is 2.16 bits per heavy atom. The summed E-state index contributed by atoms with van der Waals surface area (Å²) in [6, 6.07) is 2.13. The second kappa shape index (κ2) is 5.33. The van der Waals surface area contributed by atoms with Crippen LogP contribution in [0.15, 0.2) is 12.3 Å². The van der Waals surface area contributed by atoms with Crippen molar-refractivity contribution in [1.29, 1.82) is 0 Å². The molecule has 1 fully saturated rings. The van der Waals surface area contributed by atoms with Gasteiger partial charge in [0.25, 0.3) is 0 Å². The second-order valence-corrected chi connectivity index (χ2v) is 5.75. The van der Waals surface area contributed by atoms with Crippen LogP contribution in [-0.2, 0) is 4.79 Å². The largest absolute Gasteiger partial charge is 0.481 e. The maximum Gasteiger partial charge on any atom is 0.310 e. The molecule has 0 bridgehead atoms. The van der Waals surface area contributed by atoms with Gasteiger partial charge in [-0.15, -0.1) is 0 Å². The fourth-order valence-electron chi connectivity index (χ4n) is 3.38. The highest BCUT2D eigenvalue weighted by Gasteiger charge is 2.48. The molecule has 19 heavy (non-hydrogen) atoms. The zero-order chi connectivity index (χ0) is 14.0. The average Bonchev–Trinajstić information content (AvgIpc) is 2.99. The molecule has 1 aromatic heterocycles. The van der Waals surface area contributed by atoms with Gasteiger partial charge in [0, 0.05) is 30.4 Å². The number of carboxylic acid groups (broad SMARTS) is 1. The predicted molar refractivity (Wildman–Crippen MR) is 72.9 cm³/mol. The van der Waals surface area contributed by atoms with Crippen molar-refractivity contribution in [3.63, 3.8) is 0 Å². The van der Waals surface area contributed by atoms with Crippen molar-refractivity contribution in [1.82, 2.24) is 9.78 Å². The number of nitrogens with two attached hydrogens (primary N) is 1. The number of nitrogens with zero attached hydrogens (tertiary/aromatic N) is 2. The molecular weight excluding hydrogens is 242 g/mol. The molecule has 0 unspecified atom stereocenters. The number of carbonyl (C=O) groups is 1. The zero-order valence-electron chi connectivity index (χ0n) is 11.7. The summed E-state index contributed by atoms with van der Waals surface area (Å²) in [4.78, 5) is 11.8. The van der Waals surface area contributed by atoms with Gasteiger partial charge in [-0.25, -0.2) is 0 Å². The first-order valence-corrected chi connectivity index (χ1v) is 7.00. The van der Waals surface area contributed by atoms with Crippen LogP contribution in [-0.4, -0.2) is 27.4 Å². The highest BCUT2D eigenvalue weighted by atomic mass is 16.4. The number of hydrogen-bond donors (Lipinski definition) is 2. The van der Waals surface area contributed by atoms with E-state index < -0.39 is 11.4 Å². The van der Waals surface area contributed by atoms with E-state index in [0.717, 1.165) is 18.5 Å². The molecule has 1 atom stereocenters. The van der Waals surface area contributed by atoms with Crippen molar-refractivity contribution in [3.05, 3.63) is 18.0 Å². The number of hydrogen-bond acceptors (Lipinski definition) is 3. The number of rotatable bonds is 5. The molecule has 1 saturated carbocycles. The van der Waals surface area contributed by atoms with Crippen LogP contribution < -0.4 is 5.73 Å². The van der Waals surface area contributed by atoms with E-state index in [1.807, 2.05) is 24.6 Å². The Morgan fingerprint density at radius 3 is 2.63 bits per heavy atom. The molecule has 0 aliphatic heterocycles. The summed E-state index contributed by atoms with van der Waals surface area (Å²) >= 11 is 0. The van der Waals surface area contributed by atoms with E-state index in [2.05, 4.69) is 5.10 Å². The smallest absolute Gasteiger partial charge is 0.310 e. The van der Waals surface area contributed by atoms with E-state index in [-0.39, 0.29) is 12.0 Å². The Balaban J connectivity index is 2.43. The van der Waals surface area contributed by atoms with Crippen molar-refractivity contribution in [3.8, 4) is 0 Å². The Labute approximate surface area is 113 Å². The van der Waals surface area contributed by atoms with Crippen LogP contribution in [0, 0.1) is 5.41 Å². The van der Waals surface area contributed by atoms with Crippen molar-refractivity contribution in [2.45, 2.75) is 51.5 Å². The third-order valence-corrected chi connectivity index (χ3v) is 4.37. The predicted octanol–water partition coefficient (Wildman–Crippen LogP) is 2.15. The van der Waals surface area contributed by atoms with Crippen molar-refractivity contribution < 1.29 is 9.90 Å². The van der Waals surface area contributed by atoms with Gasteiger partial charge < -0.3 is 10.8 Å². The molecular formula is C14H23N3O2. The van der Waals surface area contributed by atoms with E-state index in [1.165, 1.54) is 0 Å². The van der Waals surface area contributed by atoms with E-state index in [1.54, 1.807) is 6.20 Å². The van der Waals surface area contributed by atoms with Crippen molar-refractivity contribution in [2.24, 2.45) is 11.1 Å². The molecule has 1 aliphatic rings. The molecule has 3 N–H and O–H groups in total. The Bertz CT molecular complexity index is 447. The van der Waals surface area contributed by atoms with E-state index in [9.17, 15) is 9.90 Å². The monoisotopic (exact) mass is 265 g/mol. The lowest BCUT2D eigenvalue weighted by Gasteiger charge is -2.33. The van der Waals surface area contributed by atoms with Gasteiger partial charge in [-0.05, 0) is 32.8 Å². The minimum Gasteiger partial charge on any atom is -0.481 e. The normalized spacial score (nSPS) is 19.8. The average molecular weight is 265 g/mol. The molecule has 0 radical (unpaired) electrons. The number of aliphatic carboxylic acids is 1. The third-order valence-electron chi connectivity index (χ3n) is 4.37. The summed E-state index contributed by atoms with van der Waals surface area (Å²) in [5.74, 6) is -0.866. The minimum absolute atomic E-state index is 0.155. The molecule has 1 aliphatic carbocycles. The van der Waals surface area contributed by atoms with Crippen LogP contribution in [0.4, 0.5) is 0 Å². The summed E-state index contributed by atoms with van der Waals surface area (Å²) in [5, 5.41) is 14.0. The number of aromatic nitrogens is 2. The highest BCUT2D eigenvalue weighted by Crippen LogP contribution is 2.48. The Kier molecular flexibility index (Phi) is 3.94. The summed E-state index contributed by atoms with van der Waals surface area (Å²) in [6.45, 7) is 4.45. The highest BCUT2D eigenvalue weighted by molar-refractivity contribution is 5.76. The molecule has 0 amide bonds. The number of carboxylic acids is 1. The molecule has 1 aromatic rings. The molecule has 0 aromatic carbocycles. The van der Waals surface area contributed by atoms with Crippen LogP contribution in [0.2, 0.25) is 0 Å². The maximum atomic E-state index is 11.8. The molecule has 1 heterocycles. The van der Waals surface area contributed by atoms with Gasteiger partial charge in [0.05, 0.1) is 5.41 Å². The zero-order valence-corrected chi connectivity index (χ0v) is 11.7. The van der Waals surface area contributed by atoms with Gasteiger partial charge in [0.2, 0.25) is 0 Å². The SMILES string of the molecule is CC(C)n1nccc1[C@H](CN)C1(C(=O)O)CCCC1. The molecule has 2 rings (SSSR count). The van der Waals surface area contributed by atoms with E-state index in [4.69, 9.17) is 5.73 Å². The summed E-state index contributed by atoms with van der Waals surface area (Å²) in [6.07, 6.45) is 5.11. The first kappa shape index (κ1) is 14.1. The summed E-state index contributed by atoms with van der Waals surface area (Å²) < 4.78 is 1.90. The fourth-order valence-corrected chi connectivity index (χ4v) is 3.38. The van der Waals surface area contributed by atoms with Crippen LogP contribution in [0.5, 0.6) is 0 Å². The fraction of sp³-hybridized carbons (Fsp3) is 0.714. The van der Waals surface area contributed by atoms with Crippen LogP contribution in [0.3, 0.4) is 0 Å². The van der Waals surface area contributed by atoms with E-state index in [0.29, 0.717) is 19.4 Å². The second-order valence-electron chi connectivity index (χ2n) is 5.75. The Morgan fingerprint density at radius 1 is 1.53 bits per heavy atom. The van der Waals surface area contributed by atoms with Gasteiger partial charge in [0.15, 0.2) is 0 Å². The van der Waals surface area contributed by atoms with Gasteiger partial charge >= 0.3 is 5.97 Å². The van der Waals surface area contributed by atoms with Gasteiger partial charge in [0.1, 0.15) is 0 Å². The Hall–Kier alpha value is -1.36. The lowest BCUT2D eigenvalue weighted by atomic mass is 9.72. The van der Waals surface area contributed by atoms with Crippen LogP contribution in [0.1, 0.15) is 57.2 Å². The van der Waals surface area contributed by atoms with Gasteiger partial charge in [-0.2, -0.15) is 5.10 Å². The van der Waals surface area contributed by atoms with Crippen molar-refractivity contribution >= 4 is 5.97 Å². The van der Waals surface area contributed by atoms with Gasteiger partial charge in [-0.1, -0.05) is 12.8 Å². The topological polar surface area (TPSA) is 81.1 Å². The standard InChI is InChI=1S/C14H23N3O2/c1-10(2)17-12(5-8-16-17)11(9-15)14(13(18)19)6-3-4-7-14/h5,8,10-11H,3-4,6-7,9,15H2,1-2H3,(H,18,19)/t11-/m0/s1. The molecule has 106 valence electrons. The first-order valence-electron chi connectivity index (χ1n) is 7.00. The van der Waals surface area contributed by atoms with E-state index >= 15 is 0 Å². The quantitative estimate of drug-likeness (QED) is 0.854. The van der Waals surface area contributed by atoms with Crippen molar-refractivity contribution in [2.75, 3.05) is 6.54 Å². The third kappa shape index (κ3) is 2.27. The first-order chi connectivity index (χ1) is 9.03. The minimum atomic E-state index is -0.711. The summed E-state index contributed by atoms with van der Waals surface area (Å²) in [5.41, 5.74) is 6.18. The lowest BCUT2D eigenvalue weighted by Crippen LogP contribution is -2.39. The van der Waals surface area contributed by atoms with Crippen LogP contribution in [0.25, 0.3) is 0 Å². The van der Waals surface area contributed by atoms with Crippen LogP contribution >= 0.6 is 0 Å². The maximum absolute atomic E-state index is 11.8. The summed E-state index contributed by atoms with van der Waals surface area (Å²) in [7, 11) is 0. The van der Waals surface area contributed by atoms with Gasteiger partial charge in [-0.3, -0.25) is 9.48 Å². The molecule has 5 heteroatoms. The molecule has 5 nitrogen and oxygen atoms in total. The lowest BCUT2D eigenvalue weighted by molar-refractivity contribution is -0.150.